The van der Waals surface area contributed by atoms with E-state index in [-0.39, 0.29) is 5.91 Å². The van der Waals surface area contributed by atoms with E-state index in [9.17, 15) is 4.79 Å². The number of carbonyl (C=O) groups is 1. The number of hydrazone groups is 1. The summed E-state index contributed by atoms with van der Waals surface area (Å²) < 4.78 is 23.2. The molecule has 1 amide bonds. The summed E-state index contributed by atoms with van der Waals surface area (Å²) in [5, 5.41) is 4.08. The first-order chi connectivity index (χ1) is 16.5. The van der Waals surface area contributed by atoms with Crippen LogP contribution in [0.3, 0.4) is 0 Å². The fraction of sp³-hybridized carbons (Fsp3) is 0.154. The first-order valence-corrected chi connectivity index (χ1v) is 11.4. The summed E-state index contributed by atoms with van der Waals surface area (Å²) >= 11 is 2.19. The number of ether oxygens (including phenoxy) is 4. The van der Waals surface area contributed by atoms with E-state index in [1.54, 1.807) is 43.7 Å². The van der Waals surface area contributed by atoms with Gasteiger partial charge < -0.3 is 18.9 Å². The van der Waals surface area contributed by atoms with E-state index in [1.807, 2.05) is 36.4 Å². The molecule has 34 heavy (non-hydrogen) atoms. The molecule has 0 spiro atoms. The molecule has 0 aromatic heterocycles. The predicted molar refractivity (Wildman–Crippen MR) is 140 cm³/mol. The van der Waals surface area contributed by atoms with Gasteiger partial charge in [0, 0.05) is 5.56 Å². The summed E-state index contributed by atoms with van der Waals surface area (Å²) in [4.78, 5) is 12.5. The lowest BCUT2D eigenvalue weighted by Gasteiger charge is -2.13. The number of amides is 1. The van der Waals surface area contributed by atoms with Gasteiger partial charge in [-0.15, -0.1) is 0 Å². The van der Waals surface area contributed by atoms with Gasteiger partial charge in [-0.2, -0.15) is 5.10 Å². The zero-order chi connectivity index (χ0) is 24.3. The Kier molecular flexibility index (Phi) is 9.33. The Morgan fingerprint density at radius 2 is 1.76 bits per heavy atom. The van der Waals surface area contributed by atoms with E-state index >= 15 is 0 Å². The number of benzene rings is 3. The smallest absolute Gasteiger partial charge is 0.271 e. The molecule has 1 N–H and O–H groups in total. The number of hydrogen-bond donors (Lipinski definition) is 1. The Morgan fingerprint density at radius 1 is 1.00 bits per heavy atom. The number of halogens is 1. The summed E-state index contributed by atoms with van der Waals surface area (Å²) in [5.74, 6) is 1.83. The molecule has 3 rings (SSSR count). The molecule has 0 fully saturated rings. The van der Waals surface area contributed by atoms with Crippen LogP contribution in [0.5, 0.6) is 23.0 Å². The van der Waals surface area contributed by atoms with Gasteiger partial charge in [0.25, 0.3) is 5.91 Å². The second-order valence-corrected chi connectivity index (χ2v) is 8.14. The number of hydrogen-bond acceptors (Lipinski definition) is 6. The Bertz CT molecular complexity index is 1170. The van der Waals surface area contributed by atoms with Crippen molar-refractivity contribution in [3.8, 4) is 23.0 Å². The molecular formula is C26H25IN2O5. The van der Waals surface area contributed by atoms with Crippen LogP contribution in [0, 0.1) is 3.57 Å². The number of methoxy groups -OCH3 is 2. The van der Waals surface area contributed by atoms with Gasteiger partial charge in [-0.3, -0.25) is 4.79 Å². The average Bonchev–Trinajstić information content (AvgIpc) is 2.86. The van der Waals surface area contributed by atoms with Crippen LogP contribution in [0.1, 0.15) is 21.5 Å². The molecule has 0 bridgehead atoms. The third kappa shape index (κ3) is 6.74. The van der Waals surface area contributed by atoms with Crippen LogP contribution in [-0.4, -0.2) is 32.9 Å². The van der Waals surface area contributed by atoms with Crippen molar-refractivity contribution in [2.45, 2.75) is 6.61 Å². The highest BCUT2D eigenvalue weighted by Crippen LogP contribution is 2.34. The largest absolute Gasteiger partial charge is 0.493 e. The molecule has 0 unspecified atom stereocenters. The Morgan fingerprint density at radius 3 is 2.47 bits per heavy atom. The summed E-state index contributed by atoms with van der Waals surface area (Å²) in [6, 6.07) is 18.5. The van der Waals surface area contributed by atoms with Crippen molar-refractivity contribution in [3.05, 3.63) is 93.6 Å². The minimum Gasteiger partial charge on any atom is -0.493 e. The van der Waals surface area contributed by atoms with Gasteiger partial charge in [0.15, 0.2) is 23.0 Å². The molecule has 0 heterocycles. The average molecular weight is 572 g/mol. The lowest BCUT2D eigenvalue weighted by Crippen LogP contribution is -2.17. The van der Waals surface area contributed by atoms with Crippen molar-refractivity contribution in [2.24, 2.45) is 5.10 Å². The maximum atomic E-state index is 12.5. The van der Waals surface area contributed by atoms with Crippen LogP contribution in [0.15, 0.2) is 78.4 Å². The fourth-order valence-corrected chi connectivity index (χ4v) is 3.77. The summed E-state index contributed by atoms with van der Waals surface area (Å²) in [7, 11) is 3.09. The van der Waals surface area contributed by atoms with Gasteiger partial charge in [-0.05, 0) is 64.0 Å². The Hall–Kier alpha value is -3.53. The number of nitrogens with one attached hydrogen (secondary N) is 1. The second-order valence-electron chi connectivity index (χ2n) is 6.97. The standard InChI is InChI=1S/C26H25IN2O5/c1-4-12-33-22-11-10-20(15-23(22)31-2)26(30)29-28-16-19-13-21(27)25(24(14-19)32-3)34-17-18-8-6-5-7-9-18/h4-11,13-16H,1,12,17H2,2-3H3,(H,29,30)/b28-16+. The minimum atomic E-state index is -0.380. The Balaban J connectivity index is 1.67. The quantitative estimate of drug-likeness (QED) is 0.148. The van der Waals surface area contributed by atoms with Gasteiger partial charge in [0.2, 0.25) is 0 Å². The molecule has 3 aromatic carbocycles. The molecule has 0 aliphatic carbocycles. The molecule has 0 saturated heterocycles. The van der Waals surface area contributed by atoms with Gasteiger partial charge in [0.05, 0.1) is 24.0 Å². The van der Waals surface area contributed by atoms with Crippen LogP contribution in [0.25, 0.3) is 0 Å². The molecule has 3 aromatic rings. The van der Waals surface area contributed by atoms with E-state index in [4.69, 9.17) is 18.9 Å². The van der Waals surface area contributed by atoms with Crippen LogP contribution in [0.2, 0.25) is 0 Å². The molecule has 0 radical (unpaired) electrons. The zero-order valence-electron chi connectivity index (χ0n) is 18.9. The first-order valence-electron chi connectivity index (χ1n) is 10.3. The van der Waals surface area contributed by atoms with Crippen molar-refractivity contribution in [2.75, 3.05) is 20.8 Å². The van der Waals surface area contributed by atoms with E-state index in [0.29, 0.717) is 41.8 Å². The summed E-state index contributed by atoms with van der Waals surface area (Å²) in [6.07, 6.45) is 3.18. The third-order valence-electron chi connectivity index (χ3n) is 4.64. The van der Waals surface area contributed by atoms with Gasteiger partial charge in [-0.1, -0.05) is 43.0 Å². The molecule has 0 aliphatic heterocycles. The van der Waals surface area contributed by atoms with E-state index in [1.165, 1.54) is 7.11 Å². The maximum Gasteiger partial charge on any atom is 0.271 e. The van der Waals surface area contributed by atoms with Crippen molar-refractivity contribution in [1.29, 1.82) is 0 Å². The predicted octanol–water partition coefficient (Wildman–Crippen LogP) is 5.22. The van der Waals surface area contributed by atoms with Crippen LogP contribution in [-0.2, 0) is 6.61 Å². The van der Waals surface area contributed by atoms with Crippen LogP contribution < -0.4 is 24.4 Å². The van der Waals surface area contributed by atoms with Crippen molar-refractivity contribution < 1.29 is 23.7 Å². The van der Waals surface area contributed by atoms with Gasteiger partial charge >= 0.3 is 0 Å². The number of carbonyl (C=O) groups excluding carboxylic acids is 1. The molecule has 7 nitrogen and oxygen atoms in total. The molecule has 0 saturated carbocycles. The van der Waals surface area contributed by atoms with E-state index < -0.39 is 0 Å². The third-order valence-corrected chi connectivity index (χ3v) is 5.44. The highest BCUT2D eigenvalue weighted by molar-refractivity contribution is 14.1. The maximum absolute atomic E-state index is 12.5. The fourth-order valence-electron chi connectivity index (χ4n) is 2.99. The first kappa shape index (κ1) is 25.1. The number of nitrogens with zero attached hydrogens (tertiary/aromatic N) is 1. The SMILES string of the molecule is C=CCOc1ccc(C(=O)N/N=C/c2cc(I)c(OCc3ccccc3)c(OC)c2)cc1OC. The normalized spacial score (nSPS) is 10.6. The van der Waals surface area contributed by atoms with Crippen molar-refractivity contribution in [3.63, 3.8) is 0 Å². The highest BCUT2D eigenvalue weighted by Gasteiger charge is 2.13. The number of rotatable bonds is 11. The molecule has 0 aliphatic rings. The van der Waals surface area contributed by atoms with Crippen molar-refractivity contribution in [1.82, 2.24) is 5.43 Å². The van der Waals surface area contributed by atoms with Gasteiger partial charge in [-0.25, -0.2) is 5.43 Å². The Labute approximate surface area is 212 Å². The molecule has 0 atom stereocenters. The van der Waals surface area contributed by atoms with E-state index in [2.05, 4.69) is 39.7 Å². The summed E-state index contributed by atoms with van der Waals surface area (Å²) in [6.45, 7) is 4.38. The van der Waals surface area contributed by atoms with Crippen LogP contribution in [0.4, 0.5) is 0 Å². The van der Waals surface area contributed by atoms with Crippen molar-refractivity contribution >= 4 is 34.7 Å². The lowest BCUT2D eigenvalue weighted by atomic mass is 10.2. The monoisotopic (exact) mass is 572 g/mol. The minimum absolute atomic E-state index is 0.338. The molecule has 8 heteroatoms. The molecule has 176 valence electrons. The zero-order valence-corrected chi connectivity index (χ0v) is 21.1. The topological polar surface area (TPSA) is 78.4 Å². The molecular weight excluding hydrogens is 547 g/mol. The van der Waals surface area contributed by atoms with Crippen LogP contribution >= 0.6 is 22.6 Å². The summed E-state index contributed by atoms with van der Waals surface area (Å²) in [5.41, 5.74) is 4.72. The van der Waals surface area contributed by atoms with Gasteiger partial charge in [0.1, 0.15) is 13.2 Å². The second kappa shape index (κ2) is 12.6. The highest BCUT2D eigenvalue weighted by atomic mass is 127. The van der Waals surface area contributed by atoms with E-state index in [0.717, 1.165) is 14.7 Å². The lowest BCUT2D eigenvalue weighted by molar-refractivity contribution is 0.0954.